The van der Waals surface area contributed by atoms with Crippen LogP contribution in [-0.2, 0) is 5.41 Å². The van der Waals surface area contributed by atoms with Crippen molar-refractivity contribution < 1.29 is 4.42 Å². The average Bonchev–Trinajstić information content (AvgIpc) is 4.02. The molecule has 0 amide bonds. The molecule has 0 atom stereocenters. The maximum atomic E-state index is 6.61. The van der Waals surface area contributed by atoms with E-state index in [9.17, 15) is 0 Å². The van der Waals surface area contributed by atoms with Gasteiger partial charge < -0.3 is 13.9 Å². The van der Waals surface area contributed by atoms with Crippen LogP contribution in [0.4, 0.5) is 17.1 Å². The van der Waals surface area contributed by atoms with Crippen LogP contribution in [0, 0.1) is 0 Å². The Hall–Kier alpha value is -8.40. The number of fused-ring (bicyclic) bond motifs is 10. The molecule has 1 aliphatic rings. The fraction of sp³-hybridized carbons (Fsp3) is 0.0164. The molecule has 0 saturated heterocycles. The van der Waals surface area contributed by atoms with Gasteiger partial charge in [0, 0.05) is 38.9 Å². The molecule has 12 aromatic rings. The van der Waals surface area contributed by atoms with Gasteiger partial charge >= 0.3 is 0 Å². The third kappa shape index (κ3) is 5.34. The molecule has 64 heavy (non-hydrogen) atoms. The highest BCUT2D eigenvalue weighted by Gasteiger charge is 2.46. The summed E-state index contributed by atoms with van der Waals surface area (Å²) >= 11 is 0. The van der Waals surface area contributed by atoms with Crippen LogP contribution in [-0.4, -0.2) is 4.57 Å². The van der Waals surface area contributed by atoms with E-state index in [4.69, 9.17) is 4.42 Å². The van der Waals surface area contributed by atoms with Crippen molar-refractivity contribution in [1.82, 2.24) is 4.57 Å². The predicted molar refractivity (Wildman–Crippen MR) is 265 cm³/mol. The Balaban J connectivity index is 1.01. The monoisotopic (exact) mass is 816 g/mol. The SMILES string of the molecule is c1ccc(-c2ccc(N(c3ccc(-n4c5ccccc5c5c6oc7ccccc7c6ccc54)cc3)c3ccc4c(c3)C(c3ccccc3)(c3ccccc3)c3ccccc3-4)cc2)cc1. The van der Waals surface area contributed by atoms with Gasteiger partial charge in [-0.3, -0.25) is 0 Å². The van der Waals surface area contributed by atoms with Crippen LogP contribution in [0.2, 0.25) is 0 Å². The summed E-state index contributed by atoms with van der Waals surface area (Å²) in [5.41, 5.74) is 17.9. The number of aromatic nitrogens is 1. The Morgan fingerprint density at radius 3 is 1.67 bits per heavy atom. The van der Waals surface area contributed by atoms with E-state index < -0.39 is 5.41 Å². The van der Waals surface area contributed by atoms with Crippen LogP contribution in [0.1, 0.15) is 22.3 Å². The first-order chi connectivity index (χ1) is 31.8. The smallest absolute Gasteiger partial charge is 0.145 e. The zero-order valence-corrected chi connectivity index (χ0v) is 34.9. The van der Waals surface area contributed by atoms with Crippen LogP contribution in [0.3, 0.4) is 0 Å². The van der Waals surface area contributed by atoms with Crippen LogP contribution in [0.15, 0.2) is 247 Å². The molecule has 2 aromatic heterocycles. The summed E-state index contributed by atoms with van der Waals surface area (Å²) in [6.07, 6.45) is 0. The minimum Gasteiger partial charge on any atom is -0.455 e. The topological polar surface area (TPSA) is 21.3 Å². The fourth-order valence-electron chi connectivity index (χ4n) is 10.7. The zero-order chi connectivity index (χ0) is 42.2. The molecule has 10 aromatic carbocycles. The van der Waals surface area contributed by atoms with E-state index in [0.29, 0.717) is 0 Å². The Morgan fingerprint density at radius 2 is 0.938 bits per heavy atom. The minimum absolute atomic E-state index is 0.515. The molecule has 0 radical (unpaired) electrons. The Labute approximate surface area is 371 Å². The molecule has 0 fully saturated rings. The fourth-order valence-corrected chi connectivity index (χ4v) is 10.7. The number of hydrogen-bond donors (Lipinski definition) is 0. The van der Waals surface area contributed by atoms with E-state index in [-0.39, 0.29) is 0 Å². The number of benzene rings is 10. The van der Waals surface area contributed by atoms with Crippen LogP contribution >= 0.6 is 0 Å². The third-order valence-electron chi connectivity index (χ3n) is 13.5. The molecular weight excluding hydrogens is 777 g/mol. The van der Waals surface area contributed by atoms with Crippen molar-refractivity contribution in [2.24, 2.45) is 0 Å². The molecule has 3 heteroatoms. The molecule has 0 aliphatic heterocycles. The molecular formula is C61H40N2O. The van der Waals surface area contributed by atoms with Gasteiger partial charge in [0.2, 0.25) is 0 Å². The summed E-state index contributed by atoms with van der Waals surface area (Å²) < 4.78 is 8.99. The lowest BCUT2D eigenvalue weighted by molar-refractivity contribution is 0.673. The number of nitrogens with zero attached hydrogens (tertiary/aromatic N) is 2. The number of furan rings is 1. The second-order valence-electron chi connectivity index (χ2n) is 16.8. The van der Waals surface area contributed by atoms with Gasteiger partial charge in [-0.1, -0.05) is 170 Å². The molecule has 300 valence electrons. The largest absolute Gasteiger partial charge is 0.455 e. The van der Waals surface area contributed by atoms with Gasteiger partial charge in [0.25, 0.3) is 0 Å². The van der Waals surface area contributed by atoms with E-state index in [1.807, 2.05) is 6.07 Å². The Kier molecular flexibility index (Phi) is 8.13. The number of anilines is 3. The highest BCUT2D eigenvalue weighted by atomic mass is 16.3. The predicted octanol–water partition coefficient (Wildman–Crippen LogP) is 16.2. The van der Waals surface area contributed by atoms with Crippen molar-refractivity contribution >= 4 is 60.8 Å². The minimum atomic E-state index is -0.515. The van der Waals surface area contributed by atoms with Gasteiger partial charge in [-0.2, -0.15) is 0 Å². The summed E-state index contributed by atoms with van der Waals surface area (Å²) in [6.45, 7) is 0. The molecule has 2 heterocycles. The van der Waals surface area contributed by atoms with E-state index in [0.717, 1.165) is 61.1 Å². The third-order valence-corrected chi connectivity index (χ3v) is 13.5. The quantitative estimate of drug-likeness (QED) is 0.160. The summed E-state index contributed by atoms with van der Waals surface area (Å²) in [5, 5.41) is 4.58. The van der Waals surface area contributed by atoms with Gasteiger partial charge in [-0.25, -0.2) is 0 Å². The summed E-state index contributed by atoms with van der Waals surface area (Å²) in [4.78, 5) is 2.41. The molecule has 13 rings (SSSR count). The summed E-state index contributed by atoms with van der Waals surface area (Å²) in [5.74, 6) is 0. The molecule has 1 aliphatic carbocycles. The lowest BCUT2D eigenvalue weighted by atomic mass is 9.67. The van der Waals surface area contributed by atoms with Gasteiger partial charge in [0.05, 0.1) is 21.8 Å². The normalized spacial score (nSPS) is 12.8. The van der Waals surface area contributed by atoms with Crippen molar-refractivity contribution in [2.45, 2.75) is 5.41 Å². The lowest BCUT2D eigenvalue weighted by Gasteiger charge is -2.35. The zero-order valence-electron chi connectivity index (χ0n) is 34.9. The van der Waals surface area contributed by atoms with E-state index in [1.165, 1.54) is 49.9 Å². The molecule has 0 unspecified atom stereocenters. The van der Waals surface area contributed by atoms with Crippen molar-refractivity contribution in [3.63, 3.8) is 0 Å². The van der Waals surface area contributed by atoms with Gasteiger partial charge in [-0.15, -0.1) is 0 Å². The van der Waals surface area contributed by atoms with Crippen molar-refractivity contribution in [2.75, 3.05) is 4.90 Å². The van der Waals surface area contributed by atoms with Gasteiger partial charge in [0.15, 0.2) is 0 Å². The summed E-state index contributed by atoms with van der Waals surface area (Å²) in [7, 11) is 0. The van der Waals surface area contributed by atoms with Crippen molar-refractivity contribution in [3.8, 4) is 27.9 Å². The number of para-hydroxylation sites is 2. The summed E-state index contributed by atoms with van der Waals surface area (Å²) in [6, 6.07) is 88.2. The van der Waals surface area contributed by atoms with Crippen molar-refractivity contribution in [1.29, 1.82) is 0 Å². The molecule has 3 nitrogen and oxygen atoms in total. The number of rotatable bonds is 7. The first kappa shape index (κ1) is 36.3. The highest BCUT2D eigenvalue weighted by molar-refractivity contribution is 6.23. The Bertz CT molecular complexity index is 3660. The Morgan fingerprint density at radius 1 is 0.375 bits per heavy atom. The van der Waals surface area contributed by atoms with Crippen LogP contribution in [0.5, 0.6) is 0 Å². The van der Waals surface area contributed by atoms with Crippen LogP contribution < -0.4 is 4.90 Å². The van der Waals surface area contributed by atoms with E-state index >= 15 is 0 Å². The molecule has 0 bridgehead atoms. The second-order valence-corrected chi connectivity index (χ2v) is 16.8. The maximum absolute atomic E-state index is 6.61. The van der Waals surface area contributed by atoms with Gasteiger partial charge in [0.1, 0.15) is 11.2 Å². The molecule has 0 spiro atoms. The first-order valence-corrected chi connectivity index (χ1v) is 22.0. The highest BCUT2D eigenvalue weighted by Crippen LogP contribution is 2.57. The van der Waals surface area contributed by atoms with Crippen LogP contribution in [0.25, 0.3) is 71.7 Å². The van der Waals surface area contributed by atoms with E-state index in [2.05, 4.69) is 246 Å². The lowest BCUT2D eigenvalue weighted by Crippen LogP contribution is -2.28. The average molecular weight is 817 g/mol. The second kappa shape index (κ2) is 14.3. The van der Waals surface area contributed by atoms with E-state index in [1.54, 1.807) is 0 Å². The van der Waals surface area contributed by atoms with Gasteiger partial charge in [-0.05, 0) is 117 Å². The standard InChI is InChI=1S/C61H40N2O/c1-4-16-41(17-5-1)42-28-30-45(31-29-42)62(48-36-37-50-49-22-10-13-25-54(49)61(55(50)40-48,43-18-6-2-7-19-43)44-20-8-3-9-21-44)46-32-34-47(35-33-46)63-56-26-14-11-24-53(56)59-57(63)39-38-52-51-23-12-15-27-58(51)64-60(52)59/h1-40H. The number of hydrogen-bond acceptors (Lipinski definition) is 2. The first-order valence-electron chi connectivity index (χ1n) is 22.0. The van der Waals surface area contributed by atoms with Crippen molar-refractivity contribution in [3.05, 3.63) is 265 Å². The molecule has 0 saturated carbocycles. The molecule has 0 N–H and O–H groups in total. The maximum Gasteiger partial charge on any atom is 0.145 e.